The number of carbonyl (C=O) groups excluding carboxylic acids is 2. The third kappa shape index (κ3) is 6.74. The molecule has 0 radical (unpaired) electrons. The summed E-state index contributed by atoms with van der Waals surface area (Å²) in [5.74, 6) is 0.651. The molecule has 3 rings (SSSR count). The summed E-state index contributed by atoms with van der Waals surface area (Å²) in [6.45, 7) is 9.65. The third-order valence-electron chi connectivity index (χ3n) is 5.85. The van der Waals surface area contributed by atoms with Crippen molar-refractivity contribution in [2.75, 3.05) is 39.3 Å². The summed E-state index contributed by atoms with van der Waals surface area (Å²) in [6.07, 6.45) is 3.20. The number of piperidine rings is 1. The molecule has 0 saturated carbocycles. The lowest BCUT2D eigenvalue weighted by molar-refractivity contribution is -0.133. The Morgan fingerprint density at radius 3 is 2.45 bits per heavy atom. The average molecular weight is 402 g/mol. The summed E-state index contributed by atoms with van der Waals surface area (Å²) < 4.78 is 5.32. The molecule has 2 fully saturated rings. The zero-order chi connectivity index (χ0) is 20.6. The van der Waals surface area contributed by atoms with E-state index in [1.54, 1.807) is 4.90 Å². The predicted octanol–water partition coefficient (Wildman–Crippen LogP) is 3.37. The molecule has 0 N–H and O–H groups in total. The van der Waals surface area contributed by atoms with E-state index in [1.165, 1.54) is 5.56 Å². The van der Waals surface area contributed by atoms with Crippen molar-refractivity contribution >= 4 is 12.0 Å². The van der Waals surface area contributed by atoms with Crippen molar-refractivity contribution in [3.05, 3.63) is 35.9 Å². The smallest absolute Gasteiger partial charge is 0.410 e. The van der Waals surface area contributed by atoms with Crippen LogP contribution in [-0.2, 0) is 16.1 Å². The molecule has 1 atom stereocenters. The first-order chi connectivity index (χ1) is 14.0. The first-order valence-corrected chi connectivity index (χ1v) is 11.0. The van der Waals surface area contributed by atoms with E-state index < -0.39 is 0 Å². The van der Waals surface area contributed by atoms with Gasteiger partial charge in [0.25, 0.3) is 0 Å². The summed E-state index contributed by atoms with van der Waals surface area (Å²) in [5.41, 5.74) is 1.32. The second kappa shape index (κ2) is 10.6. The van der Waals surface area contributed by atoms with Crippen molar-refractivity contribution in [1.82, 2.24) is 14.7 Å². The largest absolute Gasteiger partial charge is 0.447 e. The minimum Gasteiger partial charge on any atom is -0.447 e. The summed E-state index contributed by atoms with van der Waals surface area (Å²) in [6, 6.07) is 10.5. The molecule has 1 aromatic carbocycles. The van der Waals surface area contributed by atoms with Crippen LogP contribution in [-0.4, -0.2) is 72.1 Å². The van der Waals surface area contributed by atoms with Crippen molar-refractivity contribution in [2.45, 2.75) is 52.2 Å². The van der Waals surface area contributed by atoms with Crippen molar-refractivity contribution in [2.24, 2.45) is 5.92 Å². The molecular weight excluding hydrogens is 366 g/mol. The second-order valence-corrected chi connectivity index (χ2v) is 8.57. The van der Waals surface area contributed by atoms with Crippen molar-refractivity contribution in [3.8, 4) is 0 Å². The fourth-order valence-corrected chi connectivity index (χ4v) is 4.23. The lowest BCUT2D eigenvalue weighted by Gasteiger charge is -2.36. The van der Waals surface area contributed by atoms with E-state index in [-0.39, 0.29) is 18.1 Å². The van der Waals surface area contributed by atoms with Gasteiger partial charge >= 0.3 is 6.09 Å². The van der Waals surface area contributed by atoms with Gasteiger partial charge in [-0.15, -0.1) is 0 Å². The average Bonchev–Trinajstić information content (AvgIpc) is 2.73. The maximum Gasteiger partial charge on any atom is 0.410 e. The van der Waals surface area contributed by atoms with E-state index in [1.807, 2.05) is 24.8 Å². The number of hydrogen-bond donors (Lipinski definition) is 0. The third-order valence-corrected chi connectivity index (χ3v) is 5.85. The SMILES string of the molecule is CC(C)OC(=O)N1CCCC(CCC(=O)N2CCN(Cc3ccccc3)CC2)C1. The van der Waals surface area contributed by atoms with Gasteiger partial charge in [0.2, 0.25) is 5.91 Å². The van der Waals surface area contributed by atoms with Gasteiger partial charge in [0, 0.05) is 52.2 Å². The van der Waals surface area contributed by atoms with Gasteiger partial charge in [0.05, 0.1) is 6.10 Å². The van der Waals surface area contributed by atoms with Gasteiger partial charge in [0.15, 0.2) is 0 Å². The Balaban J connectivity index is 1.37. The van der Waals surface area contributed by atoms with Crippen molar-refractivity contribution in [3.63, 3.8) is 0 Å². The first-order valence-electron chi connectivity index (χ1n) is 11.0. The minimum atomic E-state index is -0.217. The quantitative estimate of drug-likeness (QED) is 0.733. The van der Waals surface area contributed by atoms with Crippen LogP contribution in [0.15, 0.2) is 30.3 Å². The highest BCUT2D eigenvalue weighted by Gasteiger charge is 2.27. The van der Waals surface area contributed by atoms with Crippen LogP contribution in [0.25, 0.3) is 0 Å². The summed E-state index contributed by atoms with van der Waals surface area (Å²) in [5, 5.41) is 0. The maximum atomic E-state index is 12.7. The van der Waals surface area contributed by atoms with E-state index in [4.69, 9.17) is 4.74 Å². The highest BCUT2D eigenvalue weighted by molar-refractivity contribution is 5.76. The van der Waals surface area contributed by atoms with Gasteiger partial charge in [-0.1, -0.05) is 30.3 Å². The zero-order valence-electron chi connectivity index (χ0n) is 17.9. The van der Waals surface area contributed by atoms with Crippen molar-refractivity contribution in [1.29, 1.82) is 0 Å². The van der Waals surface area contributed by atoms with Gasteiger partial charge in [0.1, 0.15) is 0 Å². The molecule has 6 heteroatoms. The molecule has 2 heterocycles. The predicted molar refractivity (Wildman–Crippen MR) is 113 cm³/mol. The molecule has 0 spiro atoms. The molecule has 0 aromatic heterocycles. The number of hydrogen-bond acceptors (Lipinski definition) is 4. The standard InChI is InChI=1S/C23H35N3O3/c1-19(2)29-23(28)26-12-6-9-21(18-26)10-11-22(27)25-15-13-24(14-16-25)17-20-7-4-3-5-8-20/h3-5,7-8,19,21H,6,9-18H2,1-2H3. The van der Waals surface area contributed by atoms with Crippen LogP contribution < -0.4 is 0 Å². The molecule has 6 nitrogen and oxygen atoms in total. The van der Waals surface area contributed by atoms with Gasteiger partial charge in [-0.3, -0.25) is 9.69 Å². The van der Waals surface area contributed by atoms with Gasteiger partial charge < -0.3 is 14.5 Å². The lowest BCUT2D eigenvalue weighted by Crippen LogP contribution is -2.48. The Morgan fingerprint density at radius 1 is 1.03 bits per heavy atom. The van der Waals surface area contributed by atoms with E-state index in [0.717, 1.165) is 58.5 Å². The normalized spacial score (nSPS) is 20.7. The highest BCUT2D eigenvalue weighted by atomic mass is 16.6. The molecular formula is C23H35N3O3. The summed E-state index contributed by atoms with van der Waals surface area (Å²) in [4.78, 5) is 31.0. The van der Waals surface area contributed by atoms with Gasteiger partial charge in [-0.2, -0.15) is 0 Å². The summed E-state index contributed by atoms with van der Waals surface area (Å²) >= 11 is 0. The number of rotatable bonds is 6. The van der Waals surface area contributed by atoms with E-state index in [9.17, 15) is 9.59 Å². The molecule has 0 aliphatic carbocycles. The monoisotopic (exact) mass is 401 g/mol. The Hall–Kier alpha value is -2.08. The van der Waals surface area contributed by atoms with Gasteiger partial charge in [-0.25, -0.2) is 4.79 Å². The molecule has 1 aromatic rings. The van der Waals surface area contributed by atoms with Crippen LogP contribution in [0.3, 0.4) is 0 Å². The molecule has 2 saturated heterocycles. The molecule has 2 aliphatic heterocycles. The molecule has 2 aliphatic rings. The van der Waals surface area contributed by atoms with Crippen LogP contribution in [0, 0.1) is 5.92 Å². The topological polar surface area (TPSA) is 53.1 Å². The highest BCUT2D eigenvalue weighted by Crippen LogP contribution is 2.22. The van der Waals surface area contributed by atoms with Crippen molar-refractivity contribution < 1.29 is 14.3 Å². The number of amides is 2. The molecule has 160 valence electrons. The van der Waals surface area contributed by atoms with Crippen LogP contribution in [0.4, 0.5) is 4.79 Å². The Kier molecular flexibility index (Phi) is 7.92. The van der Waals surface area contributed by atoms with E-state index in [0.29, 0.717) is 18.9 Å². The number of carbonyl (C=O) groups is 2. The first kappa shape index (κ1) is 21.6. The zero-order valence-corrected chi connectivity index (χ0v) is 17.9. The Labute approximate surface area is 174 Å². The molecule has 29 heavy (non-hydrogen) atoms. The number of nitrogens with zero attached hydrogens (tertiary/aromatic N) is 3. The maximum absolute atomic E-state index is 12.7. The lowest BCUT2D eigenvalue weighted by atomic mass is 9.93. The number of benzene rings is 1. The molecule has 2 amide bonds. The van der Waals surface area contributed by atoms with E-state index >= 15 is 0 Å². The van der Waals surface area contributed by atoms with Crippen LogP contribution in [0.5, 0.6) is 0 Å². The minimum absolute atomic E-state index is 0.0926. The second-order valence-electron chi connectivity index (χ2n) is 8.57. The Morgan fingerprint density at radius 2 is 1.76 bits per heavy atom. The fraction of sp³-hybridized carbons (Fsp3) is 0.652. The molecule has 0 bridgehead atoms. The van der Waals surface area contributed by atoms with Gasteiger partial charge in [-0.05, 0) is 44.6 Å². The molecule has 1 unspecified atom stereocenters. The Bertz CT molecular complexity index is 657. The van der Waals surface area contributed by atoms with E-state index in [2.05, 4.69) is 29.2 Å². The van der Waals surface area contributed by atoms with Crippen LogP contribution in [0.2, 0.25) is 0 Å². The van der Waals surface area contributed by atoms with Crippen LogP contribution in [0.1, 0.15) is 45.1 Å². The number of ether oxygens (including phenoxy) is 1. The number of likely N-dealkylation sites (tertiary alicyclic amines) is 1. The fourth-order valence-electron chi connectivity index (χ4n) is 4.23. The van der Waals surface area contributed by atoms with Crippen LogP contribution >= 0.6 is 0 Å². The number of piperazine rings is 1. The summed E-state index contributed by atoms with van der Waals surface area (Å²) in [7, 11) is 0.